The Bertz CT molecular complexity index is 1050. The van der Waals surface area contributed by atoms with Crippen molar-refractivity contribution < 1.29 is 14.3 Å². The van der Waals surface area contributed by atoms with Gasteiger partial charge in [0.1, 0.15) is 13.2 Å². The molecule has 28 heavy (non-hydrogen) atoms. The van der Waals surface area contributed by atoms with Crippen LogP contribution in [0.4, 0.5) is 0 Å². The molecule has 1 aromatic heterocycles. The maximum Gasteiger partial charge on any atom is 0.344 e. The van der Waals surface area contributed by atoms with Gasteiger partial charge in [-0.15, -0.1) is 5.10 Å². The summed E-state index contributed by atoms with van der Waals surface area (Å²) in [6.07, 6.45) is 0. The summed E-state index contributed by atoms with van der Waals surface area (Å²) in [6.45, 7) is 2.90. The van der Waals surface area contributed by atoms with Gasteiger partial charge < -0.3 is 9.47 Å². The third kappa shape index (κ3) is 3.68. The van der Waals surface area contributed by atoms with Gasteiger partial charge in [-0.1, -0.05) is 42.1 Å². The molecule has 1 aliphatic rings. The highest BCUT2D eigenvalue weighted by Gasteiger charge is 2.19. The average molecular weight is 397 g/mol. The van der Waals surface area contributed by atoms with Crippen LogP contribution in [-0.4, -0.2) is 39.5 Å². The quantitative estimate of drug-likeness (QED) is 0.508. The standard InChI is InChI=1S/C20H19N3O4S/c1-13(14-5-3-2-4-6-14)23-19(25)21-22-20(23)28-12-16(24)15-7-8-17-18(11-15)27-10-9-26-17/h2-8,11,13H,9-10,12H2,1H3,(H,21,25)/t13-/m1/s1. The Morgan fingerprint density at radius 2 is 1.93 bits per heavy atom. The van der Waals surface area contributed by atoms with E-state index in [0.29, 0.717) is 35.4 Å². The number of aromatic nitrogens is 3. The molecule has 3 aromatic rings. The maximum atomic E-state index is 12.6. The SMILES string of the molecule is C[C@H](c1ccccc1)n1c(SCC(=O)c2ccc3c(c2)OCCO3)n[nH]c1=O. The van der Waals surface area contributed by atoms with Crippen LogP contribution in [0, 0.1) is 0 Å². The lowest BCUT2D eigenvalue weighted by Crippen LogP contribution is -2.22. The molecule has 7 nitrogen and oxygen atoms in total. The second-order valence-corrected chi connectivity index (χ2v) is 7.28. The summed E-state index contributed by atoms with van der Waals surface area (Å²) in [4.78, 5) is 24.9. The number of Topliss-reactive ketones (excluding diaryl/α,β-unsaturated/α-hetero) is 1. The van der Waals surface area contributed by atoms with Crippen molar-refractivity contribution in [2.24, 2.45) is 0 Å². The summed E-state index contributed by atoms with van der Waals surface area (Å²) in [5.74, 6) is 1.31. The molecule has 144 valence electrons. The van der Waals surface area contributed by atoms with Gasteiger partial charge in [0.15, 0.2) is 22.4 Å². The van der Waals surface area contributed by atoms with Crippen molar-refractivity contribution in [3.8, 4) is 11.5 Å². The first-order valence-corrected chi connectivity index (χ1v) is 9.89. The van der Waals surface area contributed by atoms with E-state index in [0.717, 1.165) is 5.56 Å². The number of carbonyl (C=O) groups excluding carboxylic acids is 1. The highest BCUT2D eigenvalue weighted by molar-refractivity contribution is 7.99. The first kappa shape index (κ1) is 18.4. The van der Waals surface area contributed by atoms with Crippen LogP contribution in [0.15, 0.2) is 58.5 Å². The van der Waals surface area contributed by atoms with Crippen LogP contribution in [0.25, 0.3) is 0 Å². The molecule has 0 unspecified atom stereocenters. The van der Waals surface area contributed by atoms with Crippen LogP contribution in [0.3, 0.4) is 0 Å². The second kappa shape index (κ2) is 7.93. The van der Waals surface area contributed by atoms with E-state index in [2.05, 4.69) is 10.2 Å². The molecule has 1 aliphatic heterocycles. The second-order valence-electron chi connectivity index (χ2n) is 6.34. The Balaban J connectivity index is 1.50. The van der Waals surface area contributed by atoms with Crippen LogP contribution >= 0.6 is 11.8 Å². The molecule has 2 heterocycles. The van der Waals surface area contributed by atoms with Gasteiger partial charge in [0.05, 0.1) is 11.8 Å². The van der Waals surface area contributed by atoms with E-state index >= 15 is 0 Å². The van der Waals surface area contributed by atoms with E-state index in [1.807, 2.05) is 37.3 Å². The van der Waals surface area contributed by atoms with Gasteiger partial charge in [-0.3, -0.25) is 9.36 Å². The Kier molecular flexibility index (Phi) is 5.21. The minimum Gasteiger partial charge on any atom is -0.486 e. The van der Waals surface area contributed by atoms with E-state index in [-0.39, 0.29) is 23.3 Å². The summed E-state index contributed by atoms with van der Waals surface area (Å²) in [5, 5.41) is 7.05. The van der Waals surface area contributed by atoms with E-state index in [1.165, 1.54) is 11.8 Å². The van der Waals surface area contributed by atoms with Crippen molar-refractivity contribution in [1.82, 2.24) is 14.8 Å². The van der Waals surface area contributed by atoms with Gasteiger partial charge in [0, 0.05) is 5.56 Å². The Hall–Kier alpha value is -3.00. The summed E-state index contributed by atoms with van der Waals surface area (Å²) >= 11 is 1.23. The topological polar surface area (TPSA) is 86.2 Å². The number of H-pyrrole nitrogens is 1. The molecule has 0 radical (unpaired) electrons. The van der Waals surface area contributed by atoms with Crippen LogP contribution in [-0.2, 0) is 0 Å². The molecule has 8 heteroatoms. The predicted octanol–water partition coefficient (Wildman–Crippen LogP) is 2.93. The lowest BCUT2D eigenvalue weighted by atomic mass is 10.1. The fourth-order valence-corrected chi connectivity index (χ4v) is 3.96. The summed E-state index contributed by atoms with van der Waals surface area (Å²) < 4.78 is 12.6. The number of carbonyl (C=O) groups is 1. The van der Waals surface area contributed by atoms with Gasteiger partial charge in [-0.2, -0.15) is 0 Å². The molecule has 4 rings (SSSR count). The monoisotopic (exact) mass is 397 g/mol. The summed E-state index contributed by atoms with van der Waals surface area (Å²) in [5.41, 5.74) is 1.23. The molecule has 1 N–H and O–H groups in total. The molecule has 1 atom stereocenters. The molecule has 0 aliphatic carbocycles. The average Bonchev–Trinajstić information content (AvgIpc) is 3.12. The number of fused-ring (bicyclic) bond motifs is 1. The third-order valence-electron chi connectivity index (χ3n) is 4.54. The zero-order valence-corrected chi connectivity index (χ0v) is 16.1. The zero-order chi connectivity index (χ0) is 19.5. The number of thioether (sulfide) groups is 1. The Labute approximate surface area is 165 Å². The number of rotatable bonds is 6. The fraction of sp³-hybridized carbons (Fsp3) is 0.250. The highest BCUT2D eigenvalue weighted by Crippen LogP contribution is 2.31. The van der Waals surface area contributed by atoms with Crippen molar-refractivity contribution >= 4 is 17.5 Å². The smallest absolute Gasteiger partial charge is 0.344 e. The van der Waals surface area contributed by atoms with Crippen LogP contribution in [0.2, 0.25) is 0 Å². The number of ketones is 1. The first-order chi connectivity index (χ1) is 13.6. The summed E-state index contributed by atoms with van der Waals surface area (Å²) in [7, 11) is 0. The number of nitrogens with zero attached hydrogens (tertiary/aromatic N) is 2. The number of hydrogen-bond donors (Lipinski definition) is 1. The minimum atomic E-state index is -0.300. The van der Waals surface area contributed by atoms with Gasteiger partial charge in [0.25, 0.3) is 0 Å². The van der Waals surface area contributed by atoms with Crippen LogP contribution in [0.5, 0.6) is 11.5 Å². The molecular weight excluding hydrogens is 378 g/mol. The van der Waals surface area contributed by atoms with Gasteiger partial charge in [-0.05, 0) is 30.7 Å². The maximum absolute atomic E-state index is 12.6. The number of hydrogen-bond acceptors (Lipinski definition) is 6. The Morgan fingerprint density at radius 1 is 1.18 bits per heavy atom. The van der Waals surface area contributed by atoms with Crippen molar-refractivity contribution in [2.45, 2.75) is 18.1 Å². The molecule has 0 fully saturated rings. The third-order valence-corrected chi connectivity index (χ3v) is 5.49. The number of benzene rings is 2. The van der Waals surface area contributed by atoms with Gasteiger partial charge in [-0.25, -0.2) is 9.89 Å². The van der Waals surface area contributed by atoms with Gasteiger partial charge >= 0.3 is 5.69 Å². The fourth-order valence-electron chi connectivity index (χ4n) is 3.04. The normalized spacial score (nSPS) is 13.9. The lowest BCUT2D eigenvalue weighted by Gasteiger charge is -2.18. The van der Waals surface area contributed by atoms with E-state index < -0.39 is 0 Å². The molecule has 0 amide bonds. The van der Waals surface area contributed by atoms with Crippen molar-refractivity contribution in [3.63, 3.8) is 0 Å². The lowest BCUT2D eigenvalue weighted by molar-refractivity contribution is 0.102. The molecule has 0 bridgehead atoms. The summed E-state index contributed by atoms with van der Waals surface area (Å²) in [6, 6.07) is 14.7. The van der Waals surface area contributed by atoms with Crippen LogP contribution < -0.4 is 15.2 Å². The van der Waals surface area contributed by atoms with Crippen molar-refractivity contribution in [1.29, 1.82) is 0 Å². The van der Waals surface area contributed by atoms with Crippen molar-refractivity contribution in [3.05, 3.63) is 70.1 Å². The Morgan fingerprint density at radius 3 is 2.71 bits per heavy atom. The number of ether oxygens (including phenoxy) is 2. The van der Waals surface area contributed by atoms with E-state index in [9.17, 15) is 9.59 Å². The van der Waals surface area contributed by atoms with Gasteiger partial charge in [0.2, 0.25) is 0 Å². The molecule has 0 saturated heterocycles. The highest BCUT2D eigenvalue weighted by atomic mass is 32.2. The molecule has 2 aromatic carbocycles. The molecule has 0 spiro atoms. The first-order valence-electron chi connectivity index (χ1n) is 8.91. The zero-order valence-electron chi connectivity index (χ0n) is 15.3. The molecular formula is C20H19N3O4S. The predicted molar refractivity (Wildman–Crippen MR) is 106 cm³/mol. The van der Waals surface area contributed by atoms with E-state index in [1.54, 1.807) is 22.8 Å². The number of aromatic amines is 1. The minimum absolute atomic E-state index is 0.0728. The van der Waals surface area contributed by atoms with E-state index in [4.69, 9.17) is 9.47 Å². The largest absolute Gasteiger partial charge is 0.486 e. The van der Waals surface area contributed by atoms with Crippen LogP contribution in [0.1, 0.15) is 28.9 Å². The van der Waals surface area contributed by atoms with Crippen molar-refractivity contribution in [2.75, 3.05) is 19.0 Å². The number of nitrogens with one attached hydrogen (secondary N) is 1. The molecule has 0 saturated carbocycles.